The summed E-state index contributed by atoms with van der Waals surface area (Å²) in [5.41, 5.74) is 2.35. The summed E-state index contributed by atoms with van der Waals surface area (Å²) in [4.78, 5) is 9.11. The molecular weight excluding hydrogens is 226 g/mol. The molecule has 1 atom stereocenters. The Hall–Kier alpha value is -0.970. The van der Waals surface area contributed by atoms with Gasteiger partial charge in [-0.05, 0) is 25.5 Å². The molecular formula is C14H23N3O. The minimum absolute atomic E-state index is 0.224. The molecule has 1 aromatic heterocycles. The van der Waals surface area contributed by atoms with Gasteiger partial charge < -0.3 is 5.11 Å². The second-order valence-corrected chi connectivity index (χ2v) is 5.23. The molecule has 0 aliphatic carbocycles. The molecule has 1 aliphatic heterocycles. The van der Waals surface area contributed by atoms with E-state index in [4.69, 9.17) is 0 Å². The van der Waals surface area contributed by atoms with E-state index in [1.165, 1.54) is 5.56 Å². The van der Waals surface area contributed by atoms with E-state index >= 15 is 0 Å². The van der Waals surface area contributed by atoms with Crippen LogP contribution >= 0.6 is 0 Å². The highest BCUT2D eigenvalue weighted by atomic mass is 16.3. The lowest BCUT2D eigenvalue weighted by atomic mass is 10.2. The molecule has 4 nitrogen and oxygen atoms in total. The van der Waals surface area contributed by atoms with Gasteiger partial charge in [0, 0.05) is 51.2 Å². The molecule has 2 heterocycles. The Morgan fingerprint density at radius 2 is 1.89 bits per heavy atom. The average Bonchev–Trinajstić information content (AvgIpc) is 2.34. The zero-order valence-electron chi connectivity index (χ0n) is 11.3. The van der Waals surface area contributed by atoms with Crippen LogP contribution in [-0.2, 0) is 6.54 Å². The first-order valence-electron chi connectivity index (χ1n) is 6.68. The van der Waals surface area contributed by atoms with Crippen molar-refractivity contribution < 1.29 is 5.11 Å². The minimum Gasteiger partial charge on any atom is -0.392 e. The normalized spacial score (nSPS) is 19.9. The van der Waals surface area contributed by atoms with Crippen molar-refractivity contribution in [2.45, 2.75) is 26.5 Å². The van der Waals surface area contributed by atoms with Gasteiger partial charge in [0.2, 0.25) is 0 Å². The number of aliphatic hydroxyl groups is 1. The van der Waals surface area contributed by atoms with Crippen LogP contribution in [-0.4, -0.2) is 58.7 Å². The molecule has 0 spiro atoms. The van der Waals surface area contributed by atoms with E-state index in [1.807, 2.05) is 20.0 Å². The summed E-state index contributed by atoms with van der Waals surface area (Å²) in [6.45, 7) is 9.87. The van der Waals surface area contributed by atoms with Crippen LogP contribution < -0.4 is 0 Å². The highest BCUT2D eigenvalue weighted by Gasteiger charge is 2.17. The lowest BCUT2D eigenvalue weighted by Gasteiger charge is -2.35. The summed E-state index contributed by atoms with van der Waals surface area (Å²) >= 11 is 0. The zero-order chi connectivity index (χ0) is 13.0. The minimum atomic E-state index is -0.224. The lowest BCUT2D eigenvalue weighted by Crippen LogP contribution is -2.47. The standard InChI is InChI=1S/C14H23N3O/c1-12-3-4-14(9-15-12)11-17-7-5-16(6-8-17)10-13(2)18/h3-4,9,13,18H,5-8,10-11H2,1-2H3/t13-/m0/s1. The number of pyridine rings is 1. The van der Waals surface area contributed by atoms with Crippen LogP contribution in [0.2, 0.25) is 0 Å². The molecule has 0 bridgehead atoms. The summed E-state index contributed by atoms with van der Waals surface area (Å²) in [6, 6.07) is 4.23. The first-order valence-corrected chi connectivity index (χ1v) is 6.68. The van der Waals surface area contributed by atoms with Crippen LogP contribution in [0.25, 0.3) is 0 Å². The summed E-state index contributed by atoms with van der Waals surface area (Å²) in [6.07, 6.45) is 1.75. The Labute approximate surface area is 109 Å². The van der Waals surface area contributed by atoms with Crippen molar-refractivity contribution in [3.8, 4) is 0 Å². The zero-order valence-corrected chi connectivity index (χ0v) is 11.3. The van der Waals surface area contributed by atoms with Crippen molar-refractivity contribution in [2.75, 3.05) is 32.7 Å². The van der Waals surface area contributed by atoms with Crippen LogP contribution in [0, 0.1) is 6.92 Å². The molecule has 1 saturated heterocycles. The van der Waals surface area contributed by atoms with Gasteiger partial charge in [0.05, 0.1) is 6.10 Å². The van der Waals surface area contributed by atoms with Crippen LogP contribution in [0.3, 0.4) is 0 Å². The van der Waals surface area contributed by atoms with E-state index < -0.39 is 0 Å². The first-order chi connectivity index (χ1) is 8.63. The van der Waals surface area contributed by atoms with E-state index in [0.717, 1.165) is 45.0 Å². The lowest BCUT2D eigenvalue weighted by molar-refractivity contribution is 0.0780. The van der Waals surface area contributed by atoms with Gasteiger partial charge in [0.1, 0.15) is 0 Å². The molecule has 0 radical (unpaired) electrons. The monoisotopic (exact) mass is 249 g/mol. The molecule has 1 fully saturated rings. The molecule has 18 heavy (non-hydrogen) atoms. The molecule has 0 unspecified atom stereocenters. The summed E-state index contributed by atoms with van der Waals surface area (Å²) in [5.74, 6) is 0. The molecule has 1 aliphatic rings. The number of aliphatic hydroxyl groups excluding tert-OH is 1. The Balaban J connectivity index is 1.78. The average molecular weight is 249 g/mol. The molecule has 1 N–H and O–H groups in total. The summed E-state index contributed by atoms with van der Waals surface area (Å²) in [7, 11) is 0. The van der Waals surface area contributed by atoms with E-state index in [9.17, 15) is 5.11 Å². The fourth-order valence-corrected chi connectivity index (χ4v) is 2.35. The number of hydrogen-bond donors (Lipinski definition) is 1. The maximum atomic E-state index is 9.37. The highest BCUT2D eigenvalue weighted by Crippen LogP contribution is 2.08. The second-order valence-electron chi connectivity index (χ2n) is 5.23. The molecule has 0 amide bonds. The number of nitrogens with zero attached hydrogens (tertiary/aromatic N) is 3. The summed E-state index contributed by atoms with van der Waals surface area (Å²) in [5, 5.41) is 9.37. The van der Waals surface area contributed by atoms with E-state index in [0.29, 0.717) is 0 Å². The van der Waals surface area contributed by atoms with E-state index in [1.54, 1.807) is 0 Å². The van der Waals surface area contributed by atoms with Crippen molar-refractivity contribution in [2.24, 2.45) is 0 Å². The van der Waals surface area contributed by atoms with Gasteiger partial charge in [0.15, 0.2) is 0 Å². The molecule has 1 aromatic rings. The number of rotatable bonds is 4. The first kappa shape index (κ1) is 13.5. The quantitative estimate of drug-likeness (QED) is 0.860. The molecule has 0 saturated carbocycles. The van der Waals surface area contributed by atoms with Crippen molar-refractivity contribution in [1.82, 2.24) is 14.8 Å². The predicted molar refractivity (Wildman–Crippen MR) is 72.4 cm³/mol. The maximum Gasteiger partial charge on any atom is 0.0639 e. The Morgan fingerprint density at radius 1 is 1.22 bits per heavy atom. The fraction of sp³-hybridized carbons (Fsp3) is 0.643. The van der Waals surface area contributed by atoms with Gasteiger partial charge in [-0.3, -0.25) is 14.8 Å². The van der Waals surface area contributed by atoms with Crippen molar-refractivity contribution >= 4 is 0 Å². The third-order valence-electron chi connectivity index (χ3n) is 3.37. The molecule has 4 heteroatoms. The third-order valence-corrected chi connectivity index (χ3v) is 3.37. The number of β-amino-alcohol motifs (C(OH)–C–C–N with tert-alkyl or cyclic N) is 1. The Morgan fingerprint density at radius 3 is 2.44 bits per heavy atom. The molecule has 0 aromatic carbocycles. The Bertz CT molecular complexity index is 356. The fourth-order valence-electron chi connectivity index (χ4n) is 2.35. The van der Waals surface area contributed by atoms with Crippen LogP contribution in [0.15, 0.2) is 18.3 Å². The second kappa shape index (κ2) is 6.27. The van der Waals surface area contributed by atoms with Crippen LogP contribution in [0.5, 0.6) is 0 Å². The van der Waals surface area contributed by atoms with Crippen molar-refractivity contribution in [1.29, 1.82) is 0 Å². The topological polar surface area (TPSA) is 39.6 Å². The Kier molecular flexibility index (Phi) is 4.69. The molecule has 100 valence electrons. The van der Waals surface area contributed by atoms with Gasteiger partial charge >= 0.3 is 0 Å². The van der Waals surface area contributed by atoms with Gasteiger partial charge in [-0.1, -0.05) is 6.07 Å². The number of piperazine rings is 1. The smallest absolute Gasteiger partial charge is 0.0639 e. The SMILES string of the molecule is Cc1ccc(CN2CCN(C[C@H](C)O)CC2)cn1. The van der Waals surface area contributed by atoms with Gasteiger partial charge in [0.25, 0.3) is 0 Å². The summed E-state index contributed by atoms with van der Waals surface area (Å²) < 4.78 is 0. The molecule has 2 rings (SSSR count). The number of aromatic nitrogens is 1. The largest absolute Gasteiger partial charge is 0.392 e. The predicted octanol–water partition coefficient (Wildman–Crippen LogP) is 0.888. The van der Waals surface area contributed by atoms with E-state index in [2.05, 4.69) is 26.9 Å². The van der Waals surface area contributed by atoms with Gasteiger partial charge in [-0.15, -0.1) is 0 Å². The maximum absolute atomic E-state index is 9.37. The van der Waals surface area contributed by atoms with Crippen molar-refractivity contribution in [3.63, 3.8) is 0 Å². The van der Waals surface area contributed by atoms with Gasteiger partial charge in [-0.2, -0.15) is 0 Å². The number of hydrogen-bond acceptors (Lipinski definition) is 4. The van der Waals surface area contributed by atoms with Crippen LogP contribution in [0.1, 0.15) is 18.2 Å². The highest BCUT2D eigenvalue weighted by molar-refractivity contribution is 5.13. The van der Waals surface area contributed by atoms with E-state index in [-0.39, 0.29) is 6.10 Å². The van der Waals surface area contributed by atoms with Crippen molar-refractivity contribution in [3.05, 3.63) is 29.6 Å². The van der Waals surface area contributed by atoms with Gasteiger partial charge in [-0.25, -0.2) is 0 Å². The third kappa shape index (κ3) is 4.05. The van der Waals surface area contributed by atoms with Crippen LogP contribution in [0.4, 0.5) is 0 Å². The number of aryl methyl sites for hydroxylation is 1.